The van der Waals surface area contributed by atoms with Crippen LogP contribution in [0.2, 0.25) is 0 Å². The average molecular weight is 1360 g/mol. The second kappa shape index (κ2) is 77.7. The Morgan fingerprint density at radius 1 is 0.320 bits per heavy atom. The molecule has 9 nitrogen and oxygen atoms in total. The summed E-state index contributed by atoms with van der Waals surface area (Å²) in [4.78, 5) is 37.8. The predicted molar refractivity (Wildman–Crippen MR) is 419 cm³/mol. The Morgan fingerprint density at radius 3 is 0.876 bits per heavy atom. The monoisotopic (exact) mass is 1360 g/mol. The van der Waals surface area contributed by atoms with Crippen LogP contribution in [0.4, 0.5) is 0 Å². The Kier molecular flexibility index (Phi) is 74.4. The molecule has 560 valence electrons. The number of likely N-dealkylation sites (N-methyl/N-ethyl adjacent to an activating group) is 1. The van der Waals surface area contributed by atoms with E-state index in [9.17, 15) is 19.5 Å². The van der Waals surface area contributed by atoms with Crippen molar-refractivity contribution in [1.82, 2.24) is 0 Å². The number of rotatable bonds is 76. The second-order valence-corrected chi connectivity index (χ2v) is 28.7. The van der Waals surface area contributed by atoms with Crippen LogP contribution in [-0.4, -0.2) is 87.4 Å². The summed E-state index contributed by atoms with van der Waals surface area (Å²) < 4.78 is 23.1. The molecule has 0 aliphatic heterocycles. The van der Waals surface area contributed by atoms with Crippen LogP contribution in [0.5, 0.6) is 0 Å². The van der Waals surface area contributed by atoms with E-state index >= 15 is 0 Å². The van der Waals surface area contributed by atoms with E-state index in [4.69, 9.17) is 18.9 Å². The van der Waals surface area contributed by atoms with Gasteiger partial charge in [0.1, 0.15) is 13.2 Å². The number of hydrogen-bond acceptors (Lipinski definition) is 7. The molecular weight excluding hydrogens is 1200 g/mol. The van der Waals surface area contributed by atoms with Crippen LogP contribution in [0, 0.1) is 0 Å². The van der Waals surface area contributed by atoms with Gasteiger partial charge in [0.15, 0.2) is 6.10 Å². The lowest BCUT2D eigenvalue weighted by atomic mass is 10.0. The summed E-state index contributed by atoms with van der Waals surface area (Å²) in [5.41, 5.74) is 0. The zero-order valence-electron chi connectivity index (χ0n) is 64.2. The van der Waals surface area contributed by atoms with Gasteiger partial charge in [0.2, 0.25) is 0 Å². The third-order valence-corrected chi connectivity index (χ3v) is 18.0. The van der Waals surface area contributed by atoms with Crippen molar-refractivity contribution in [1.29, 1.82) is 0 Å². The molecular formula is C88H156NO8+. The minimum Gasteiger partial charge on any atom is -0.477 e. The number of hydrogen-bond donors (Lipinski definition) is 1. The highest BCUT2D eigenvalue weighted by molar-refractivity contribution is 5.71. The number of ether oxygens (including phenoxy) is 4. The molecule has 0 bridgehead atoms. The molecule has 2 unspecified atom stereocenters. The maximum absolute atomic E-state index is 13.0. The van der Waals surface area contributed by atoms with Crippen molar-refractivity contribution >= 4 is 17.9 Å². The highest BCUT2D eigenvalue weighted by atomic mass is 16.7. The Bertz CT molecular complexity index is 1970. The van der Waals surface area contributed by atoms with Gasteiger partial charge >= 0.3 is 17.9 Å². The smallest absolute Gasteiger partial charge is 0.361 e. The maximum atomic E-state index is 13.0. The normalized spacial score (nSPS) is 13.2. The lowest BCUT2D eigenvalue weighted by Gasteiger charge is -2.25. The summed E-state index contributed by atoms with van der Waals surface area (Å²) in [6.45, 7) is 4.80. The molecule has 0 saturated heterocycles. The SMILES string of the molecule is CC/C=C\C/C=C\C/C=C\C/C=C\C/C=C\C/C=C\C/C=C\CCCCCCCCCCCCCCCCCCCCCC(=O)OC(COC(=O)CCCCCCCCCCCCCCCCCCCCC/C=C\C/C=C\CCCCCCC)COC(OCC[N+](C)(C)C)C(=O)O. The number of carboxylic acid groups (broad SMARTS) is 1. The van der Waals surface area contributed by atoms with Gasteiger partial charge in [0, 0.05) is 12.8 Å². The number of carbonyl (C=O) groups is 3. The van der Waals surface area contributed by atoms with Crippen molar-refractivity contribution in [3.8, 4) is 0 Å². The van der Waals surface area contributed by atoms with Gasteiger partial charge in [0.25, 0.3) is 6.29 Å². The zero-order valence-corrected chi connectivity index (χ0v) is 64.2. The number of unbranched alkanes of at least 4 members (excludes halogenated alkanes) is 43. The first-order chi connectivity index (χ1) is 47.6. The van der Waals surface area contributed by atoms with Gasteiger partial charge in [-0.1, -0.05) is 367 Å². The topological polar surface area (TPSA) is 108 Å². The van der Waals surface area contributed by atoms with Gasteiger partial charge in [0.05, 0.1) is 34.4 Å². The first-order valence-electron chi connectivity index (χ1n) is 41.1. The van der Waals surface area contributed by atoms with Crippen LogP contribution in [0.25, 0.3) is 0 Å². The highest BCUT2D eigenvalue weighted by Crippen LogP contribution is 2.19. The molecule has 0 heterocycles. The minimum atomic E-state index is -1.51. The number of quaternary nitrogens is 1. The highest BCUT2D eigenvalue weighted by Gasteiger charge is 2.25. The van der Waals surface area contributed by atoms with Crippen molar-refractivity contribution in [2.45, 2.75) is 386 Å². The van der Waals surface area contributed by atoms with E-state index in [1.54, 1.807) is 0 Å². The van der Waals surface area contributed by atoms with Gasteiger partial charge in [-0.2, -0.15) is 0 Å². The molecule has 0 aromatic heterocycles. The van der Waals surface area contributed by atoms with E-state index in [1.165, 1.54) is 257 Å². The summed E-state index contributed by atoms with van der Waals surface area (Å²) in [6, 6.07) is 0. The number of carboxylic acids is 1. The van der Waals surface area contributed by atoms with Gasteiger partial charge in [-0.05, 0) is 103 Å². The minimum absolute atomic E-state index is 0.180. The Balaban J connectivity index is 3.99. The first-order valence-corrected chi connectivity index (χ1v) is 41.1. The molecule has 2 atom stereocenters. The summed E-state index contributed by atoms with van der Waals surface area (Å²) in [5, 5.41) is 9.78. The molecule has 0 aromatic carbocycles. The Morgan fingerprint density at radius 2 is 0.588 bits per heavy atom. The van der Waals surface area contributed by atoms with Crippen LogP contribution < -0.4 is 0 Å². The van der Waals surface area contributed by atoms with E-state index in [-0.39, 0.29) is 38.2 Å². The van der Waals surface area contributed by atoms with Gasteiger partial charge in [-0.15, -0.1) is 0 Å². The molecule has 0 aliphatic rings. The third-order valence-electron chi connectivity index (χ3n) is 18.0. The van der Waals surface area contributed by atoms with Crippen LogP contribution in [0.1, 0.15) is 373 Å². The first kappa shape index (κ1) is 93.0. The number of carbonyl (C=O) groups excluding carboxylic acids is 2. The van der Waals surface area contributed by atoms with Crippen molar-refractivity contribution in [3.05, 3.63) is 109 Å². The number of esters is 2. The molecule has 0 spiro atoms. The average Bonchev–Trinajstić information content (AvgIpc) is 3.27. The molecule has 0 saturated carbocycles. The van der Waals surface area contributed by atoms with E-state index in [2.05, 4.69) is 123 Å². The molecule has 97 heavy (non-hydrogen) atoms. The number of nitrogens with zero attached hydrogens (tertiary/aromatic N) is 1. The molecule has 0 aliphatic carbocycles. The summed E-state index contributed by atoms with van der Waals surface area (Å²) in [7, 11) is 5.99. The van der Waals surface area contributed by atoms with E-state index < -0.39 is 18.4 Å². The Labute approximate surface area is 600 Å². The van der Waals surface area contributed by atoms with Crippen LogP contribution in [-0.2, 0) is 33.3 Å². The number of aliphatic carboxylic acids is 1. The molecule has 0 radical (unpaired) electrons. The molecule has 9 heteroatoms. The summed E-state index contributed by atoms with van der Waals surface area (Å²) in [5.74, 6) is -1.98. The second-order valence-electron chi connectivity index (χ2n) is 28.7. The fourth-order valence-corrected chi connectivity index (χ4v) is 11.8. The van der Waals surface area contributed by atoms with Crippen molar-refractivity contribution < 1.29 is 42.9 Å². The lowest BCUT2D eigenvalue weighted by molar-refractivity contribution is -0.870. The summed E-state index contributed by atoms with van der Waals surface area (Å²) in [6.07, 6.45) is 107. The molecule has 0 aromatic rings. The standard InChI is InChI=1S/C88H155NO8/c1-6-8-10-12-14-16-18-20-22-24-26-28-30-32-34-36-38-39-40-41-42-43-44-45-46-47-49-51-53-55-57-59-61-63-65-67-69-71-73-75-77-79-86(91)97-84(83-96-88(87(92)93)94-81-80-89(3,4)5)82-95-85(90)78-76-74-72-70-68-66-64-62-60-58-56-54-52-50-48-37-35-33-31-29-27-25-23-21-19-17-15-13-11-9-7-2/h8,10,14,16,19-22,25-28,32,34,38-39,41-42,84,88H,6-7,9,11-13,15,17-18,23-24,29-31,33,35-37,40,43-83H2,1-5H3/p+1/b10-8-,16-14-,21-19-,22-20-,27-25-,28-26-,34-32-,39-38-,42-41-. The molecule has 0 fully saturated rings. The molecule has 0 amide bonds. The van der Waals surface area contributed by atoms with E-state index in [1.807, 2.05) is 21.1 Å². The van der Waals surface area contributed by atoms with E-state index in [0.29, 0.717) is 17.4 Å². The van der Waals surface area contributed by atoms with Gasteiger partial charge in [-0.3, -0.25) is 9.59 Å². The van der Waals surface area contributed by atoms with Crippen molar-refractivity contribution in [3.63, 3.8) is 0 Å². The van der Waals surface area contributed by atoms with Gasteiger partial charge in [-0.25, -0.2) is 4.79 Å². The zero-order chi connectivity index (χ0) is 70.4. The molecule has 1 N–H and O–H groups in total. The maximum Gasteiger partial charge on any atom is 0.361 e. The third kappa shape index (κ3) is 79.2. The fourth-order valence-electron chi connectivity index (χ4n) is 11.8. The fraction of sp³-hybridized carbons (Fsp3) is 0.761. The van der Waals surface area contributed by atoms with Crippen molar-refractivity contribution in [2.24, 2.45) is 0 Å². The van der Waals surface area contributed by atoms with Crippen LogP contribution in [0.3, 0.4) is 0 Å². The van der Waals surface area contributed by atoms with Crippen LogP contribution in [0.15, 0.2) is 109 Å². The largest absolute Gasteiger partial charge is 0.477 e. The van der Waals surface area contributed by atoms with E-state index in [0.717, 1.165) is 89.9 Å². The summed E-state index contributed by atoms with van der Waals surface area (Å²) >= 11 is 0. The number of allylic oxidation sites excluding steroid dienone is 18. The molecule has 0 rings (SSSR count). The Hall–Kier alpha value is -4.05. The lowest BCUT2D eigenvalue weighted by Crippen LogP contribution is -2.40. The van der Waals surface area contributed by atoms with Gasteiger partial charge < -0.3 is 28.5 Å². The van der Waals surface area contributed by atoms with Crippen LogP contribution >= 0.6 is 0 Å². The van der Waals surface area contributed by atoms with Crippen molar-refractivity contribution in [2.75, 3.05) is 47.5 Å². The quantitative estimate of drug-likeness (QED) is 0.0211. The predicted octanol–water partition coefficient (Wildman–Crippen LogP) is 26.5.